The minimum absolute atomic E-state index is 0.0336. The van der Waals surface area contributed by atoms with Crippen molar-refractivity contribution in [3.63, 3.8) is 0 Å². The molecule has 0 radical (unpaired) electrons. The lowest BCUT2D eigenvalue weighted by Crippen LogP contribution is -2.13. The number of carbonyl (C=O) groups excluding carboxylic acids is 1. The lowest BCUT2D eigenvalue weighted by atomic mass is 10.1. The third-order valence-corrected chi connectivity index (χ3v) is 5.71. The first-order valence-corrected chi connectivity index (χ1v) is 10.7. The van der Waals surface area contributed by atoms with Crippen molar-refractivity contribution < 1.29 is 4.79 Å². The normalized spacial score (nSPS) is 11.0. The molecule has 4 rings (SSSR count). The van der Waals surface area contributed by atoms with Crippen LogP contribution in [0.15, 0.2) is 89.8 Å². The lowest BCUT2D eigenvalue weighted by Gasteiger charge is -2.06. The average Bonchev–Trinajstić information content (AvgIpc) is 3.29. The molecule has 0 spiro atoms. The molecule has 31 heavy (non-hydrogen) atoms. The number of benzene rings is 3. The summed E-state index contributed by atoms with van der Waals surface area (Å²) in [6.45, 7) is 0. The topological polar surface area (TPSA) is 65.8 Å². The van der Waals surface area contributed by atoms with E-state index in [2.05, 4.69) is 5.32 Å². The summed E-state index contributed by atoms with van der Waals surface area (Å²) in [5.74, 6) is -0.460. The number of hydrogen-bond acceptors (Lipinski definition) is 4. The van der Waals surface area contributed by atoms with Crippen molar-refractivity contribution in [2.75, 3.05) is 5.32 Å². The molecule has 1 aromatic heterocycles. The molecule has 0 atom stereocenters. The maximum absolute atomic E-state index is 12.6. The second-order valence-electron chi connectivity index (χ2n) is 6.63. The summed E-state index contributed by atoms with van der Waals surface area (Å²) < 4.78 is 0. The number of nitrogens with one attached hydrogen (secondary N) is 1. The number of carbonyl (C=O) groups is 1. The maximum Gasteiger partial charge on any atom is 0.266 e. The standard InChI is InChI=1S/C25H16ClN3OS/c26-22-12-5-4-11-21(22)25-29-23(16-31-25)18-9-6-10-20(14-18)28-24(30)19(15-27)13-17-7-2-1-3-8-17/h1-14,16H,(H,28,30)/b19-13+. The molecule has 3 aromatic carbocycles. The van der Waals surface area contributed by atoms with Crippen LogP contribution in [0.3, 0.4) is 0 Å². The van der Waals surface area contributed by atoms with E-state index in [-0.39, 0.29) is 5.57 Å². The van der Waals surface area contributed by atoms with Crippen molar-refractivity contribution in [2.45, 2.75) is 0 Å². The molecular weight excluding hydrogens is 426 g/mol. The molecule has 0 unspecified atom stereocenters. The highest BCUT2D eigenvalue weighted by molar-refractivity contribution is 7.13. The van der Waals surface area contributed by atoms with Crippen LogP contribution >= 0.6 is 22.9 Å². The smallest absolute Gasteiger partial charge is 0.266 e. The number of nitrogens with zero attached hydrogens (tertiary/aromatic N) is 2. The van der Waals surface area contributed by atoms with Crippen LogP contribution < -0.4 is 5.32 Å². The van der Waals surface area contributed by atoms with Gasteiger partial charge < -0.3 is 5.32 Å². The molecular formula is C25H16ClN3OS. The number of hydrogen-bond donors (Lipinski definition) is 1. The van der Waals surface area contributed by atoms with Gasteiger partial charge in [-0.2, -0.15) is 5.26 Å². The third-order valence-electron chi connectivity index (χ3n) is 4.50. The zero-order chi connectivity index (χ0) is 21.6. The molecule has 0 aliphatic carbocycles. The minimum atomic E-state index is -0.460. The van der Waals surface area contributed by atoms with Gasteiger partial charge in [0.25, 0.3) is 5.91 Å². The number of amides is 1. The fourth-order valence-corrected chi connectivity index (χ4v) is 4.13. The quantitative estimate of drug-likeness (QED) is 0.277. The van der Waals surface area contributed by atoms with E-state index in [4.69, 9.17) is 16.6 Å². The van der Waals surface area contributed by atoms with Crippen molar-refractivity contribution >= 4 is 40.6 Å². The Morgan fingerprint density at radius 2 is 1.81 bits per heavy atom. The molecule has 1 heterocycles. The fraction of sp³-hybridized carbons (Fsp3) is 0. The van der Waals surface area contributed by atoms with Gasteiger partial charge in [0.15, 0.2) is 0 Å². The van der Waals surface area contributed by atoms with Gasteiger partial charge in [-0.05, 0) is 29.8 Å². The van der Waals surface area contributed by atoms with E-state index in [1.165, 1.54) is 11.3 Å². The zero-order valence-electron chi connectivity index (χ0n) is 16.2. The van der Waals surface area contributed by atoms with Crippen LogP contribution in [0, 0.1) is 11.3 Å². The molecule has 0 aliphatic heterocycles. The molecule has 0 saturated carbocycles. The highest BCUT2D eigenvalue weighted by atomic mass is 35.5. The molecule has 0 bridgehead atoms. The van der Waals surface area contributed by atoms with E-state index in [0.29, 0.717) is 10.7 Å². The number of thiazole rings is 1. The summed E-state index contributed by atoms with van der Waals surface area (Å²) in [5, 5.41) is 15.6. The Morgan fingerprint density at radius 3 is 2.58 bits per heavy atom. The number of rotatable bonds is 5. The van der Waals surface area contributed by atoms with Crippen molar-refractivity contribution in [3.05, 3.63) is 100 Å². The average molecular weight is 442 g/mol. The Morgan fingerprint density at radius 1 is 1.03 bits per heavy atom. The van der Waals surface area contributed by atoms with Crippen LogP contribution in [-0.2, 0) is 4.79 Å². The van der Waals surface area contributed by atoms with Crippen molar-refractivity contribution in [2.24, 2.45) is 0 Å². The Labute approximate surface area is 189 Å². The molecule has 0 fully saturated rings. The lowest BCUT2D eigenvalue weighted by molar-refractivity contribution is -0.112. The fourth-order valence-electron chi connectivity index (χ4n) is 2.98. The summed E-state index contributed by atoms with van der Waals surface area (Å²) in [4.78, 5) is 17.3. The van der Waals surface area contributed by atoms with Crippen LogP contribution in [0.1, 0.15) is 5.56 Å². The van der Waals surface area contributed by atoms with Gasteiger partial charge in [0.05, 0.1) is 10.7 Å². The predicted octanol–water partition coefficient (Wildman–Crippen LogP) is 6.68. The minimum Gasteiger partial charge on any atom is -0.321 e. The summed E-state index contributed by atoms with van der Waals surface area (Å²) in [6.07, 6.45) is 1.56. The molecule has 1 amide bonds. The second kappa shape index (κ2) is 9.40. The van der Waals surface area contributed by atoms with E-state index in [0.717, 1.165) is 27.4 Å². The van der Waals surface area contributed by atoms with Gasteiger partial charge in [0.1, 0.15) is 16.6 Å². The Bertz CT molecular complexity index is 1310. The van der Waals surface area contributed by atoms with Crippen LogP contribution in [0.25, 0.3) is 27.9 Å². The molecule has 1 N–H and O–H groups in total. The number of nitriles is 1. The molecule has 4 aromatic rings. The predicted molar refractivity (Wildman–Crippen MR) is 127 cm³/mol. The molecule has 4 nitrogen and oxygen atoms in total. The highest BCUT2D eigenvalue weighted by Crippen LogP contribution is 2.33. The highest BCUT2D eigenvalue weighted by Gasteiger charge is 2.12. The molecule has 0 aliphatic rings. The zero-order valence-corrected chi connectivity index (χ0v) is 17.8. The Kier molecular flexibility index (Phi) is 6.23. The van der Waals surface area contributed by atoms with Crippen molar-refractivity contribution in [1.82, 2.24) is 4.98 Å². The SMILES string of the molecule is N#C/C(=C\c1ccccc1)C(=O)Nc1cccc(-c2csc(-c3ccccc3Cl)n2)c1. The van der Waals surface area contributed by atoms with E-state index in [1.54, 1.807) is 12.1 Å². The molecule has 0 saturated heterocycles. The summed E-state index contributed by atoms with van der Waals surface area (Å²) >= 11 is 7.79. The van der Waals surface area contributed by atoms with Crippen LogP contribution in [0.5, 0.6) is 0 Å². The monoisotopic (exact) mass is 441 g/mol. The maximum atomic E-state index is 12.6. The first kappa shape index (κ1) is 20.5. The number of anilines is 1. The van der Waals surface area contributed by atoms with Gasteiger partial charge in [-0.25, -0.2) is 4.98 Å². The molecule has 150 valence electrons. The summed E-state index contributed by atoms with van der Waals surface area (Å²) in [7, 11) is 0. The van der Waals surface area contributed by atoms with Crippen LogP contribution in [0.4, 0.5) is 5.69 Å². The summed E-state index contributed by atoms with van der Waals surface area (Å²) in [5.41, 5.74) is 3.94. The van der Waals surface area contributed by atoms with E-state index in [1.807, 2.05) is 84.2 Å². The van der Waals surface area contributed by atoms with Gasteiger partial charge in [0.2, 0.25) is 0 Å². The van der Waals surface area contributed by atoms with Crippen molar-refractivity contribution in [1.29, 1.82) is 5.26 Å². The molecule has 6 heteroatoms. The van der Waals surface area contributed by atoms with Gasteiger partial charge in [-0.15, -0.1) is 11.3 Å². The van der Waals surface area contributed by atoms with E-state index in [9.17, 15) is 10.1 Å². The second-order valence-corrected chi connectivity index (χ2v) is 7.90. The first-order valence-electron chi connectivity index (χ1n) is 9.43. The Balaban J connectivity index is 1.55. The summed E-state index contributed by atoms with van der Waals surface area (Å²) in [6, 6.07) is 26.2. The van der Waals surface area contributed by atoms with Gasteiger partial charge in [0, 0.05) is 22.2 Å². The van der Waals surface area contributed by atoms with E-state index >= 15 is 0 Å². The van der Waals surface area contributed by atoms with Crippen molar-refractivity contribution in [3.8, 4) is 27.9 Å². The van der Waals surface area contributed by atoms with Gasteiger partial charge in [-0.3, -0.25) is 4.79 Å². The van der Waals surface area contributed by atoms with Crippen LogP contribution in [-0.4, -0.2) is 10.9 Å². The number of halogens is 1. The van der Waals surface area contributed by atoms with Crippen LogP contribution in [0.2, 0.25) is 5.02 Å². The Hall–Kier alpha value is -3.72. The third kappa shape index (κ3) is 4.89. The first-order chi connectivity index (χ1) is 15.1. The van der Waals surface area contributed by atoms with Gasteiger partial charge in [-0.1, -0.05) is 72.3 Å². The largest absolute Gasteiger partial charge is 0.321 e. The van der Waals surface area contributed by atoms with Gasteiger partial charge >= 0.3 is 0 Å². The van der Waals surface area contributed by atoms with E-state index < -0.39 is 5.91 Å². The number of aromatic nitrogens is 1.